The number of nitrogens with one attached hydrogen (secondary N) is 2. The molecule has 0 radical (unpaired) electrons. The summed E-state index contributed by atoms with van der Waals surface area (Å²) >= 11 is 0. The average molecular weight is 400 g/mol. The molecule has 8 heteroatoms. The summed E-state index contributed by atoms with van der Waals surface area (Å²) in [7, 11) is 0. The number of aromatic hydroxyl groups is 1. The topological polar surface area (TPSA) is 145 Å². The summed E-state index contributed by atoms with van der Waals surface area (Å²) in [5.41, 5.74) is 6.34. The molecule has 0 aliphatic carbocycles. The number of hydrogen-bond donors (Lipinski definition) is 4. The first-order valence-corrected chi connectivity index (χ1v) is 9.36. The highest BCUT2D eigenvalue weighted by Gasteiger charge is 2.27. The molecule has 8 nitrogen and oxygen atoms in total. The third-order valence-electron chi connectivity index (χ3n) is 4.05. The number of nitriles is 1. The lowest BCUT2D eigenvalue weighted by Gasteiger charge is -2.23. The van der Waals surface area contributed by atoms with Gasteiger partial charge in [-0.3, -0.25) is 14.4 Å². The van der Waals surface area contributed by atoms with Crippen LogP contribution in [0, 0.1) is 17.2 Å². The van der Waals surface area contributed by atoms with E-state index >= 15 is 0 Å². The molecule has 3 atom stereocenters. The molecule has 0 aliphatic heterocycles. The van der Waals surface area contributed by atoms with E-state index in [1.807, 2.05) is 19.9 Å². The summed E-state index contributed by atoms with van der Waals surface area (Å²) in [6, 6.07) is 5.35. The molecular weight excluding hydrogens is 372 g/mol. The molecule has 2 amide bonds. The van der Waals surface area contributed by atoms with E-state index in [-0.39, 0.29) is 24.0 Å². The van der Waals surface area contributed by atoms with E-state index in [1.165, 1.54) is 31.2 Å². The van der Waals surface area contributed by atoms with Crippen LogP contribution in [0.2, 0.25) is 0 Å². The second-order valence-corrected chi connectivity index (χ2v) is 7.24. The lowest BCUT2D eigenvalue weighted by Crippen LogP contribution is -2.52. The van der Waals surface area contributed by atoms with Gasteiger partial charge in [-0.25, -0.2) is 0 Å². The molecule has 0 spiro atoms. The number of nitrogens with zero attached hydrogens (tertiary/aromatic N) is 1. The monoisotopic (exact) mass is 400 g/mol. The van der Waals surface area contributed by atoms with Crippen LogP contribution in [0.15, 0.2) is 30.3 Å². The van der Waals surface area contributed by atoms with Crippen molar-refractivity contribution in [1.29, 1.82) is 5.26 Å². The Kier molecular flexibility index (Phi) is 9.56. The highest BCUT2D eigenvalue weighted by molar-refractivity contribution is 6.00. The van der Waals surface area contributed by atoms with E-state index in [0.29, 0.717) is 12.0 Å². The molecule has 0 saturated carbocycles. The predicted octanol–water partition coefficient (Wildman–Crippen LogP) is 1.25. The van der Waals surface area contributed by atoms with E-state index in [1.54, 1.807) is 12.1 Å². The highest BCUT2D eigenvalue weighted by atomic mass is 16.3. The normalized spacial score (nSPS) is 14.1. The van der Waals surface area contributed by atoms with E-state index in [0.717, 1.165) is 0 Å². The summed E-state index contributed by atoms with van der Waals surface area (Å²) in [6.45, 7) is 5.14. The molecule has 5 N–H and O–H groups in total. The van der Waals surface area contributed by atoms with Crippen LogP contribution in [-0.4, -0.2) is 40.8 Å². The number of ketones is 1. The average Bonchev–Trinajstić information content (AvgIpc) is 2.65. The summed E-state index contributed by atoms with van der Waals surface area (Å²) in [5.74, 6) is -1.04. The zero-order valence-corrected chi connectivity index (χ0v) is 16.9. The Bertz CT molecular complexity index is 781. The van der Waals surface area contributed by atoms with Crippen molar-refractivity contribution in [2.24, 2.45) is 11.7 Å². The zero-order chi connectivity index (χ0) is 22.0. The molecule has 2 unspecified atom stereocenters. The SMILES string of the molecule is CC(=O)N[C@H](CC(C)C)C(=O)NC(CC(N)C#N)C(=O)/C=C/c1ccc(O)cc1. The summed E-state index contributed by atoms with van der Waals surface area (Å²) < 4.78 is 0. The van der Waals surface area contributed by atoms with Crippen LogP contribution in [0.3, 0.4) is 0 Å². The van der Waals surface area contributed by atoms with Gasteiger partial charge in [-0.15, -0.1) is 0 Å². The van der Waals surface area contributed by atoms with Gasteiger partial charge in [-0.05, 0) is 36.1 Å². The Morgan fingerprint density at radius 2 is 1.76 bits per heavy atom. The van der Waals surface area contributed by atoms with Gasteiger partial charge in [0.05, 0.1) is 18.2 Å². The third kappa shape index (κ3) is 9.04. The maximum Gasteiger partial charge on any atom is 0.243 e. The van der Waals surface area contributed by atoms with Crippen LogP contribution >= 0.6 is 0 Å². The van der Waals surface area contributed by atoms with Gasteiger partial charge in [0.2, 0.25) is 11.8 Å². The third-order valence-corrected chi connectivity index (χ3v) is 4.05. The van der Waals surface area contributed by atoms with E-state index in [2.05, 4.69) is 10.6 Å². The van der Waals surface area contributed by atoms with Gasteiger partial charge in [-0.2, -0.15) is 5.26 Å². The predicted molar refractivity (Wildman–Crippen MR) is 109 cm³/mol. The second kappa shape index (κ2) is 11.6. The molecule has 0 aliphatic rings. The lowest BCUT2D eigenvalue weighted by molar-refractivity contribution is -0.130. The van der Waals surface area contributed by atoms with Crippen LogP contribution < -0.4 is 16.4 Å². The Labute approximate surface area is 170 Å². The molecule has 1 aromatic carbocycles. The van der Waals surface area contributed by atoms with Crippen LogP contribution in [0.5, 0.6) is 5.75 Å². The minimum Gasteiger partial charge on any atom is -0.508 e. The first-order valence-electron chi connectivity index (χ1n) is 9.36. The first kappa shape index (κ1) is 23.9. The molecular formula is C21H28N4O4. The Balaban J connectivity index is 2.96. The Morgan fingerprint density at radius 3 is 2.28 bits per heavy atom. The minimum atomic E-state index is -1.01. The largest absolute Gasteiger partial charge is 0.508 e. The van der Waals surface area contributed by atoms with Crippen molar-refractivity contribution in [3.8, 4) is 11.8 Å². The van der Waals surface area contributed by atoms with Crippen molar-refractivity contribution in [2.45, 2.75) is 51.7 Å². The van der Waals surface area contributed by atoms with E-state index < -0.39 is 29.8 Å². The Hall–Kier alpha value is -3.18. The number of carbonyl (C=O) groups excluding carboxylic acids is 3. The van der Waals surface area contributed by atoms with Gasteiger partial charge >= 0.3 is 0 Å². The molecule has 0 fully saturated rings. The number of hydrogen-bond acceptors (Lipinski definition) is 6. The zero-order valence-electron chi connectivity index (χ0n) is 16.9. The molecule has 0 saturated heterocycles. The fraction of sp³-hybridized carbons (Fsp3) is 0.429. The fourth-order valence-electron chi connectivity index (χ4n) is 2.65. The van der Waals surface area contributed by atoms with Crippen LogP contribution in [-0.2, 0) is 14.4 Å². The van der Waals surface area contributed by atoms with Crippen molar-refractivity contribution < 1.29 is 19.5 Å². The standard InChI is InChI=1S/C21H28N4O4/c1-13(2)10-19(24-14(3)26)21(29)25-18(11-16(23)12-22)20(28)9-6-15-4-7-17(27)8-5-15/h4-9,13,16,18-19,27H,10-11,23H2,1-3H3,(H,24,26)(H,25,29)/b9-6+/t16?,18?,19-/m1/s1. The van der Waals surface area contributed by atoms with Crippen LogP contribution in [0.1, 0.15) is 39.2 Å². The summed E-state index contributed by atoms with van der Waals surface area (Å²) in [6.07, 6.45) is 3.17. The molecule has 0 bridgehead atoms. The Morgan fingerprint density at radius 1 is 1.14 bits per heavy atom. The van der Waals surface area contributed by atoms with Gasteiger partial charge in [0.15, 0.2) is 5.78 Å². The van der Waals surface area contributed by atoms with Crippen molar-refractivity contribution in [2.75, 3.05) is 0 Å². The van der Waals surface area contributed by atoms with Gasteiger partial charge in [0, 0.05) is 13.3 Å². The molecule has 156 valence electrons. The number of nitrogens with two attached hydrogens (primary N) is 1. The first-order chi connectivity index (χ1) is 13.6. The maximum absolute atomic E-state index is 12.7. The smallest absolute Gasteiger partial charge is 0.243 e. The van der Waals surface area contributed by atoms with Gasteiger partial charge in [0.25, 0.3) is 0 Å². The van der Waals surface area contributed by atoms with Gasteiger partial charge in [0.1, 0.15) is 11.8 Å². The number of benzene rings is 1. The minimum absolute atomic E-state index is 0.0601. The highest BCUT2D eigenvalue weighted by Crippen LogP contribution is 2.12. The summed E-state index contributed by atoms with van der Waals surface area (Å²) in [5, 5.41) is 23.5. The molecule has 0 aromatic heterocycles. The van der Waals surface area contributed by atoms with Gasteiger partial charge < -0.3 is 21.5 Å². The number of amides is 2. The lowest BCUT2D eigenvalue weighted by atomic mass is 10.00. The fourth-order valence-corrected chi connectivity index (χ4v) is 2.65. The molecule has 1 aromatic rings. The molecule has 0 heterocycles. The summed E-state index contributed by atoms with van der Waals surface area (Å²) in [4.78, 5) is 36.7. The van der Waals surface area contributed by atoms with Crippen molar-refractivity contribution in [3.05, 3.63) is 35.9 Å². The van der Waals surface area contributed by atoms with E-state index in [9.17, 15) is 19.5 Å². The van der Waals surface area contributed by atoms with E-state index in [4.69, 9.17) is 11.0 Å². The molecule has 29 heavy (non-hydrogen) atoms. The number of rotatable bonds is 10. The maximum atomic E-state index is 12.7. The number of phenolic OH excluding ortho intramolecular Hbond substituents is 1. The van der Waals surface area contributed by atoms with Gasteiger partial charge in [-0.1, -0.05) is 32.1 Å². The quantitative estimate of drug-likeness (QED) is 0.435. The second-order valence-electron chi connectivity index (χ2n) is 7.24. The van der Waals surface area contributed by atoms with Crippen molar-refractivity contribution in [1.82, 2.24) is 10.6 Å². The van der Waals surface area contributed by atoms with Crippen LogP contribution in [0.25, 0.3) is 6.08 Å². The number of phenols is 1. The number of carbonyl (C=O) groups is 3. The van der Waals surface area contributed by atoms with Crippen molar-refractivity contribution >= 4 is 23.7 Å². The molecule has 1 rings (SSSR count). The van der Waals surface area contributed by atoms with Crippen molar-refractivity contribution in [3.63, 3.8) is 0 Å². The van der Waals surface area contributed by atoms with Crippen LogP contribution in [0.4, 0.5) is 0 Å².